The van der Waals surface area contributed by atoms with Gasteiger partial charge in [-0.05, 0) is 24.6 Å². The third-order valence-corrected chi connectivity index (χ3v) is 3.18. The fourth-order valence-corrected chi connectivity index (χ4v) is 2.02. The molecule has 1 aliphatic rings. The molecule has 0 bridgehead atoms. The van der Waals surface area contributed by atoms with Gasteiger partial charge in [0.2, 0.25) is 0 Å². The van der Waals surface area contributed by atoms with Crippen molar-refractivity contribution in [2.24, 2.45) is 0 Å². The number of nitriles is 1. The zero-order valence-electron chi connectivity index (χ0n) is 9.61. The predicted molar refractivity (Wildman–Crippen MR) is 64.7 cm³/mol. The second-order valence-electron chi connectivity index (χ2n) is 4.11. The largest absolute Gasteiger partial charge is 0.326 e. The molecule has 18 heavy (non-hydrogen) atoms. The Kier molecular flexibility index (Phi) is 2.97. The van der Waals surface area contributed by atoms with Crippen molar-refractivity contribution in [3.8, 4) is 6.07 Å². The average Bonchev–Trinajstić information content (AvgIpc) is 2.55. The number of nitrogens with one attached hydrogen (secondary N) is 1. The Balaban J connectivity index is 2.39. The molecule has 3 amide bonds. The van der Waals surface area contributed by atoms with E-state index in [1.165, 1.54) is 0 Å². The molecule has 1 aliphatic heterocycles. The van der Waals surface area contributed by atoms with Crippen LogP contribution in [0.5, 0.6) is 0 Å². The van der Waals surface area contributed by atoms with Gasteiger partial charge in [0.05, 0.1) is 6.07 Å². The summed E-state index contributed by atoms with van der Waals surface area (Å²) in [7, 11) is 0. The Bertz CT molecular complexity index is 549. The van der Waals surface area contributed by atoms with E-state index in [-0.39, 0.29) is 6.54 Å². The van der Waals surface area contributed by atoms with Crippen LogP contribution in [0.2, 0.25) is 5.02 Å². The Morgan fingerprint density at radius 3 is 2.56 bits per heavy atom. The van der Waals surface area contributed by atoms with Crippen LogP contribution in [-0.4, -0.2) is 23.4 Å². The smallest absolute Gasteiger partial charge is 0.319 e. The molecule has 0 saturated carbocycles. The number of amides is 3. The van der Waals surface area contributed by atoms with Crippen molar-refractivity contribution in [1.29, 1.82) is 5.26 Å². The summed E-state index contributed by atoms with van der Waals surface area (Å²) in [6.45, 7) is 1.35. The fraction of sp³-hybridized carbons (Fsp3) is 0.250. The molecular formula is C12H10ClN3O2. The van der Waals surface area contributed by atoms with Gasteiger partial charge in [-0.2, -0.15) is 5.26 Å². The van der Waals surface area contributed by atoms with Crippen molar-refractivity contribution in [3.63, 3.8) is 0 Å². The lowest BCUT2D eigenvalue weighted by atomic mass is 9.92. The molecule has 1 heterocycles. The molecule has 0 aliphatic carbocycles. The molecule has 0 spiro atoms. The van der Waals surface area contributed by atoms with Crippen LogP contribution in [0.15, 0.2) is 24.3 Å². The number of urea groups is 1. The first-order chi connectivity index (χ1) is 8.49. The van der Waals surface area contributed by atoms with E-state index >= 15 is 0 Å². The second kappa shape index (κ2) is 4.31. The molecule has 0 radical (unpaired) electrons. The maximum absolute atomic E-state index is 12.2. The molecule has 1 saturated heterocycles. The molecule has 1 aromatic carbocycles. The van der Waals surface area contributed by atoms with E-state index in [0.29, 0.717) is 10.6 Å². The molecule has 92 valence electrons. The van der Waals surface area contributed by atoms with Crippen LogP contribution in [0.4, 0.5) is 4.79 Å². The van der Waals surface area contributed by atoms with Gasteiger partial charge in [-0.3, -0.25) is 4.79 Å². The van der Waals surface area contributed by atoms with Gasteiger partial charge >= 0.3 is 6.03 Å². The summed E-state index contributed by atoms with van der Waals surface area (Å²) in [4.78, 5) is 24.7. The van der Waals surface area contributed by atoms with Gasteiger partial charge in [0.25, 0.3) is 5.91 Å². The summed E-state index contributed by atoms with van der Waals surface area (Å²) in [5.41, 5.74) is -0.510. The van der Waals surface area contributed by atoms with Gasteiger partial charge in [-0.1, -0.05) is 23.7 Å². The molecule has 1 N–H and O–H groups in total. The van der Waals surface area contributed by atoms with Gasteiger partial charge in [0.15, 0.2) is 0 Å². The zero-order chi connectivity index (χ0) is 13.3. The molecule has 1 unspecified atom stereocenters. The van der Waals surface area contributed by atoms with Crippen LogP contribution in [0.3, 0.4) is 0 Å². The van der Waals surface area contributed by atoms with Crippen LogP contribution in [0.25, 0.3) is 0 Å². The summed E-state index contributed by atoms with van der Waals surface area (Å²) >= 11 is 5.78. The van der Waals surface area contributed by atoms with Crippen molar-refractivity contribution in [3.05, 3.63) is 34.9 Å². The lowest BCUT2D eigenvalue weighted by Crippen LogP contribution is -2.40. The van der Waals surface area contributed by atoms with Gasteiger partial charge in [0, 0.05) is 5.02 Å². The van der Waals surface area contributed by atoms with Crippen molar-refractivity contribution >= 4 is 23.5 Å². The number of benzene rings is 1. The molecule has 1 atom stereocenters. The molecule has 5 nitrogen and oxygen atoms in total. The number of rotatable bonds is 2. The van der Waals surface area contributed by atoms with E-state index in [4.69, 9.17) is 16.9 Å². The van der Waals surface area contributed by atoms with E-state index in [0.717, 1.165) is 4.90 Å². The molecule has 2 rings (SSSR count). The van der Waals surface area contributed by atoms with E-state index in [9.17, 15) is 9.59 Å². The van der Waals surface area contributed by atoms with Gasteiger partial charge < -0.3 is 5.32 Å². The summed E-state index contributed by atoms with van der Waals surface area (Å²) in [6.07, 6.45) is 0. The van der Waals surface area contributed by atoms with Crippen molar-refractivity contribution in [2.45, 2.75) is 12.5 Å². The highest BCUT2D eigenvalue weighted by atomic mass is 35.5. The Labute approximate surface area is 109 Å². The van der Waals surface area contributed by atoms with E-state index in [1.807, 2.05) is 0 Å². The minimum Gasteiger partial charge on any atom is -0.319 e. The third-order valence-electron chi connectivity index (χ3n) is 2.93. The second-order valence-corrected chi connectivity index (χ2v) is 4.55. The van der Waals surface area contributed by atoms with E-state index < -0.39 is 17.5 Å². The van der Waals surface area contributed by atoms with Crippen LogP contribution in [-0.2, 0) is 10.3 Å². The summed E-state index contributed by atoms with van der Waals surface area (Å²) in [5.74, 6) is -0.434. The van der Waals surface area contributed by atoms with Crippen molar-refractivity contribution in [2.75, 3.05) is 6.54 Å². The maximum Gasteiger partial charge on any atom is 0.326 e. The zero-order valence-corrected chi connectivity index (χ0v) is 10.4. The number of hydrogen-bond acceptors (Lipinski definition) is 3. The SMILES string of the molecule is CC1(c2ccc(Cl)cc2)NC(=O)N(CC#N)C1=O. The molecule has 1 fully saturated rings. The minimum absolute atomic E-state index is 0.256. The predicted octanol–water partition coefficient (Wildman–Crippen LogP) is 1.63. The van der Waals surface area contributed by atoms with Gasteiger partial charge in [-0.15, -0.1) is 0 Å². The topological polar surface area (TPSA) is 73.2 Å². The Hall–Kier alpha value is -2.06. The van der Waals surface area contributed by atoms with Crippen LogP contribution in [0.1, 0.15) is 12.5 Å². The lowest BCUT2D eigenvalue weighted by Gasteiger charge is -2.21. The Morgan fingerprint density at radius 1 is 1.39 bits per heavy atom. The number of hydrogen-bond donors (Lipinski definition) is 1. The number of nitrogens with zero attached hydrogens (tertiary/aromatic N) is 2. The highest BCUT2D eigenvalue weighted by Crippen LogP contribution is 2.29. The van der Waals surface area contributed by atoms with Gasteiger partial charge in [-0.25, -0.2) is 9.69 Å². The van der Waals surface area contributed by atoms with E-state index in [2.05, 4.69) is 5.32 Å². The van der Waals surface area contributed by atoms with Crippen LogP contribution >= 0.6 is 11.6 Å². The summed E-state index contributed by atoms with van der Waals surface area (Å²) in [6, 6.07) is 7.88. The molecule has 0 aromatic heterocycles. The normalized spacial score (nSPS) is 22.8. The first kappa shape index (κ1) is 12.4. The van der Waals surface area contributed by atoms with E-state index in [1.54, 1.807) is 37.3 Å². The molecule has 6 heteroatoms. The number of carbonyl (C=O) groups is 2. The monoisotopic (exact) mass is 263 g/mol. The number of carbonyl (C=O) groups excluding carboxylic acids is 2. The highest BCUT2D eigenvalue weighted by Gasteiger charge is 2.48. The summed E-state index contributed by atoms with van der Waals surface area (Å²) in [5, 5.41) is 11.7. The average molecular weight is 264 g/mol. The van der Waals surface area contributed by atoms with Crippen molar-refractivity contribution in [1.82, 2.24) is 10.2 Å². The number of imide groups is 1. The number of halogens is 1. The maximum atomic E-state index is 12.2. The third kappa shape index (κ3) is 1.81. The first-order valence-electron chi connectivity index (χ1n) is 5.26. The molecule has 1 aromatic rings. The van der Waals surface area contributed by atoms with Gasteiger partial charge in [0.1, 0.15) is 12.1 Å². The van der Waals surface area contributed by atoms with Crippen LogP contribution in [0, 0.1) is 11.3 Å². The lowest BCUT2D eigenvalue weighted by molar-refractivity contribution is -0.130. The fourth-order valence-electron chi connectivity index (χ4n) is 1.89. The minimum atomic E-state index is -1.14. The Morgan fingerprint density at radius 2 is 2.00 bits per heavy atom. The first-order valence-corrected chi connectivity index (χ1v) is 5.64. The van der Waals surface area contributed by atoms with Crippen LogP contribution < -0.4 is 5.32 Å². The standard InChI is InChI=1S/C12H10ClN3O2/c1-12(8-2-4-9(13)5-3-8)10(17)16(7-6-14)11(18)15-12/h2-5H,7H2,1H3,(H,15,18). The molecular weight excluding hydrogens is 254 g/mol. The quantitative estimate of drug-likeness (QED) is 0.651. The summed E-state index contributed by atoms with van der Waals surface area (Å²) < 4.78 is 0. The highest BCUT2D eigenvalue weighted by molar-refractivity contribution is 6.30. The van der Waals surface area contributed by atoms with Crippen molar-refractivity contribution < 1.29 is 9.59 Å².